The highest BCUT2D eigenvalue weighted by Gasteiger charge is 2.30. The Morgan fingerprint density at radius 2 is 2.07 bits per heavy atom. The fourth-order valence-corrected chi connectivity index (χ4v) is 3.00. The summed E-state index contributed by atoms with van der Waals surface area (Å²) in [4.78, 5) is 24.3. The molecule has 146 valence electrons. The van der Waals surface area contributed by atoms with Crippen LogP contribution in [0.3, 0.4) is 0 Å². The number of halogens is 2. The Labute approximate surface area is 166 Å². The molecule has 5 nitrogen and oxygen atoms in total. The number of rotatable bonds is 5. The van der Waals surface area contributed by atoms with Crippen molar-refractivity contribution in [1.29, 1.82) is 0 Å². The first-order valence-corrected chi connectivity index (χ1v) is 8.99. The van der Waals surface area contributed by atoms with Crippen LogP contribution in [0.1, 0.15) is 35.3 Å². The zero-order chi connectivity index (χ0) is 20.4. The number of ketones is 1. The lowest BCUT2D eigenvalue weighted by atomic mass is 10.0. The molecule has 28 heavy (non-hydrogen) atoms. The molecule has 0 amide bonds. The van der Waals surface area contributed by atoms with E-state index in [1.165, 1.54) is 30.3 Å². The monoisotopic (exact) mass is 404 g/mol. The molecule has 0 radical (unpaired) electrons. The smallest absolute Gasteiger partial charge is 0.344 e. The van der Waals surface area contributed by atoms with Crippen LogP contribution in [-0.4, -0.2) is 24.5 Å². The molecule has 3 rings (SSSR count). The summed E-state index contributed by atoms with van der Waals surface area (Å²) in [5.41, 5.74) is 1.04. The third-order valence-electron chi connectivity index (χ3n) is 3.94. The first-order chi connectivity index (χ1) is 13.3. The zero-order valence-corrected chi connectivity index (χ0v) is 16.3. The number of hydrogen-bond acceptors (Lipinski definition) is 5. The number of Topliss-reactive ketones (excluding diaryl/α,β-unsaturated/α-hetero) is 1. The lowest BCUT2D eigenvalue weighted by molar-refractivity contribution is -0.149. The van der Waals surface area contributed by atoms with Crippen molar-refractivity contribution in [2.24, 2.45) is 0 Å². The van der Waals surface area contributed by atoms with E-state index in [-0.39, 0.29) is 40.6 Å². The van der Waals surface area contributed by atoms with Gasteiger partial charge < -0.3 is 14.2 Å². The average Bonchev–Trinajstić information content (AvgIpc) is 2.92. The zero-order valence-electron chi connectivity index (χ0n) is 15.5. The second-order valence-corrected chi connectivity index (χ2v) is 6.92. The van der Waals surface area contributed by atoms with Gasteiger partial charge in [-0.2, -0.15) is 0 Å². The Hall–Kier alpha value is -2.86. The van der Waals surface area contributed by atoms with E-state index in [4.69, 9.17) is 25.8 Å². The summed E-state index contributed by atoms with van der Waals surface area (Å²) in [6.07, 6.45) is 1.04. The van der Waals surface area contributed by atoms with Crippen LogP contribution < -0.4 is 9.47 Å². The summed E-state index contributed by atoms with van der Waals surface area (Å²) in [5, 5.41) is 0.171. The summed E-state index contributed by atoms with van der Waals surface area (Å²) in [7, 11) is 0. The molecule has 0 saturated carbocycles. The van der Waals surface area contributed by atoms with Crippen LogP contribution in [0.2, 0.25) is 5.02 Å². The molecule has 0 fully saturated rings. The summed E-state index contributed by atoms with van der Waals surface area (Å²) in [5.74, 6) is -0.846. The van der Waals surface area contributed by atoms with Crippen molar-refractivity contribution in [3.05, 3.63) is 63.6 Å². The first-order valence-electron chi connectivity index (χ1n) is 8.61. The van der Waals surface area contributed by atoms with Gasteiger partial charge in [0.05, 0.1) is 16.7 Å². The van der Waals surface area contributed by atoms with E-state index < -0.39 is 11.8 Å². The first kappa shape index (κ1) is 19.9. The Morgan fingerprint density at radius 1 is 1.32 bits per heavy atom. The van der Waals surface area contributed by atoms with Gasteiger partial charge >= 0.3 is 5.97 Å². The van der Waals surface area contributed by atoms with Crippen molar-refractivity contribution >= 4 is 29.4 Å². The highest BCUT2D eigenvalue weighted by molar-refractivity contribution is 6.32. The summed E-state index contributed by atoms with van der Waals surface area (Å²) in [6.45, 7) is 4.94. The van der Waals surface area contributed by atoms with Gasteiger partial charge in [0.15, 0.2) is 12.4 Å². The van der Waals surface area contributed by atoms with Crippen molar-refractivity contribution < 1.29 is 28.2 Å². The molecule has 0 unspecified atom stereocenters. The molecule has 0 aromatic heterocycles. The molecular weight excluding hydrogens is 387 g/mol. The minimum absolute atomic E-state index is 0.0403. The number of aryl methyl sites for hydroxylation is 1. The van der Waals surface area contributed by atoms with Crippen LogP contribution in [-0.2, 0) is 9.53 Å². The molecule has 1 aliphatic rings. The molecule has 2 aromatic rings. The highest BCUT2D eigenvalue weighted by Crippen LogP contribution is 2.38. The molecule has 0 bridgehead atoms. The van der Waals surface area contributed by atoms with E-state index in [1.54, 1.807) is 26.8 Å². The molecule has 0 N–H and O–H groups in total. The largest absolute Gasteiger partial charge is 0.482 e. The summed E-state index contributed by atoms with van der Waals surface area (Å²) >= 11 is 6.02. The number of carbonyl (C=O) groups excluding carboxylic acids is 2. The van der Waals surface area contributed by atoms with Gasteiger partial charge in [0.2, 0.25) is 5.78 Å². The average molecular weight is 405 g/mol. The van der Waals surface area contributed by atoms with Crippen LogP contribution in [0.4, 0.5) is 4.39 Å². The number of fused-ring (bicyclic) bond motifs is 1. The van der Waals surface area contributed by atoms with E-state index in [9.17, 15) is 14.0 Å². The number of hydrogen-bond donors (Lipinski definition) is 0. The maximum Gasteiger partial charge on any atom is 0.344 e. The van der Waals surface area contributed by atoms with Gasteiger partial charge in [0.1, 0.15) is 17.3 Å². The van der Waals surface area contributed by atoms with Gasteiger partial charge in [0, 0.05) is 11.6 Å². The third kappa shape index (κ3) is 4.17. The SMILES string of the molecule is Cc1cc(OCC(=O)OC(C)C)cc2c1C(=O)/C(=C/c1c(F)cccc1Cl)O2. The molecular formula is C21H18ClFO5. The van der Waals surface area contributed by atoms with E-state index in [0.717, 1.165) is 0 Å². The van der Waals surface area contributed by atoms with Crippen molar-refractivity contribution in [3.63, 3.8) is 0 Å². The Balaban J connectivity index is 1.84. The standard InChI is InChI=1S/C21H18ClFO5/c1-11(2)27-19(24)10-26-13-7-12(3)20-17(8-13)28-18(21(20)25)9-14-15(22)5-4-6-16(14)23/h4-9,11H,10H2,1-3H3/b18-9-. The lowest BCUT2D eigenvalue weighted by Crippen LogP contribution is -2.18. The maximum atomic E-state index is 14.0. The number of allylic oxidation sites excluding steroid dienone is 1. The summed E-state index contributed by atoms with van der Waals surface area (Å²) in [6, 6.07) is 7.38. The fourth-order valence-electron chi connectivity index (χ4n) is 2.78. The molecule has 0 spiro atoms. The molecule has 7 heteroatoms. The van der Waals surface area contributed by atoms with Crippen LogP contribution in [0.15, 0.2) is 36.1 Å². The molecule has 2 aromatic carbocycles. The molecule has 0 atom stereocenters. The van der Waals surface area contributed by atoms with Crippen LogP contribution in [0, 0.1) is 12.7 Å². The second-order valence-electron chi connectivity index (χ2n) is 6.52. The van der Waals surface area contributed by atoms with Gasteiger partial charge in [-0.3, -0.25) is 4.79 Å². The third-order valence-corrected chi connectivity index (χ3v) is 4.27. The lowest BCUT2D eigenvalue weighted by Gasteiger charge is -2.10. The number of esters is 1. The van der Waals surface area contributed by atoms with Crippen molar-refractivity contribution in [1.82, 2.24) is 0 Å². The van der Waals surface area contributed by atoms with Crippen LogP contribution in [0.25, 0.3) is 6.08 Å². The highest BCUT2D eigenvalue weighted by atomic mass is 35.5. The number of ether oxygens (including phenoxy) is 3. The second kappa shape index (κ2) is 8.02. The topological polar surface area (TPSA) is 61.8 Å². The van der Waals surface area contributed by atoms with Gasteiger partial charge in [-0.15, -0.1) is 0 Å². The van der Waals surface area contributed by atoms with Crippen molar-refractivity contribution in [3.8, 4) is 11.5 Å². The normalized spacial score (nSPS) is 14.2. The molecule has 0 saturated heterocycles. The van der Waals surface area contributed by atoms with Gasteiger partial charge in [-0.05, 0) is 50.6 Å². The molecule has 1 heterocycles. The minimum Gasteiger partial charge on any atom is -0.482 e. The quantitative estimate of drug-likeness (QED) is 0.532. The predicted molar refractivity (Wildman–Crippen MR) is 102 cm³/mol. The summed E-state index contributed by atoms with van der Waals surface area (Å²) < 4.78 is 30.1. The van der Waals surface area contributed by atoms with Crippen LogP contribution >= 0.6 is 11.6 Å². The minimum atomic E-state index is -0.559. The fraction of sp³-hybridized carbons (Fsp3) is 0.238. The van der Waals surface area contributed by atoms with E-state index in [2.05, 4.69) is 0 Å². The van der Waals surface area contributed by atoms with E-state index in [0.29, 0.717) is 16.9 Å². The van der Waals surface area contributed by atoms with Crippen LogP contribution in [0.5, 0.6) is 11.5 Å². The Bertz CT molecular complexity index is 961. The van der Waals surface area contributed by atoms with E-state index >= 15 is 0 Å². The number of benzene rings is 2. The number of carbonyl (C=O) groups is 2. The predicted octanol–water partition coefficient (Wildman–Crippen LogP) is 4.73. The van der Waals surface area contributed by atoms with Gasteiger partial charge in [-0.1, -0.05) is 17.7 Å². The maximum absolute atomic E-state index is 14.0. The Morgan fingerprint density at radius 3 is 2.75 bits per heavy atom. The van der Waals surface area contributed by atoms with Gasteiger partial charge in [-0.25, -0.2) is 9.18 Å². The van der Waals surface area contributed by atoms with Crippen molar-refractivity contribution in [2.75, 3.05) is 6.61 Å². The molecule has 1 aliphatic heterocycles. The van der Waals surface area contributed by atoms with Crippen molar-refractivity contribution in [2.45, 2.75) is 26.9 Å². The Kier molecular flexibility index (Phi) is 5.70. The van der Waals surface area contributed by atoms with Gasteiger partial charge in [0.25, 0.3) is 0 Å². The molecule has 0 aliphatic carbocycles. The van der Waals surface area contributed by atoms with E-state index in [1.807, 2.05) is 0 Å².